The molecular weight excluding hydrogens is 208 g/mol. The van der Waals surface area contributed by atoms with Crippen LogP contribution in [0.3, 0.4) is 0 Å². The van der Waals surface area contributed by atoms with Crippen LogP contribution in [0.4, 0.5) is 0 Å². The molecule has 2 aliphatic rings. The topological polar surface area (TPSA) is 9.23 Å². The van der Waals surface area contributed by atoms with Gasteiger partial charge >= 0.3 is 0 Å². The van der Waals surface area contributed by atoms with E-state index in [1.165, 1.54) is 28.9 Å². The second-order valence-corrected chi connectivity index (χ2v) is 5.91. The molecular formula is C16H20O. The third-order valence-electron chi connectivity index (χ3n) is 4.65. The zero-order valence-corrected chi connectivity index (χ0v) is 10.9. The smallest absolute Gasteiger partial charge is 0.113 e. The number of benzene rings is 1. The zero-order valence-electron chi connectivity index (χ0n) is 10.9. The van der Waals surface area contributed by atoms with E-state index < -0.39 is 0 Å². The predicted octanol–water partition coefficient (Wildman–Crippen LogP) is 4.38. The first-order chi connectivity index (χ1) is 8.10. The molecule has 17 heavy (non-hydrogen) atoms. The minimum Gasteiger partial charge on any atom is -0.493 e. The normalized spacial score (nSPS) is 25.9. The predicted molar refractivity (Wildman–Crippen MR) is 70.3 cm³/mol. The molecule has 90 valence electrons. The summed E-state index contributed by atoms with van der Waals surface area (Å²) in [5, 5.41) is 0. The molecule has 0 radical (unpaired) electrons. The largest absolute Gasteiger partial charge is 0.493 e. The Bertz CT molecular complexity index is 482. The van der Waals surface area contributed by atoms with Gasteiger partial charge < -0.3 is 4.74 Å². The number of hydrogen-bond donors (Lipinski definition) is 0. The molecule has 0 amide bonds. The van der Waals surface area contributed by atoms with E-state index in [9.17, 15) is 0 Å². The van der Waals surface area contributed by atoms with Gasteiger partial charge in [0, 0.05) is 12.0 Å². The molecule has 0 saturated heterocycles. The van der Waals surface area contributed by atoms with Crippen LogP contribution in [-0.2, 0) is 11.3 Å². The van der Waals surface area contributed by atoms with E-state index in [4.69, 9.17) is 4.74 Å². The fourth-order valence-electron chi connectivity index (χ4n) is 3.14. The molecule has 0 saturated carbocycles. The summed E-state index contributed by atoms with van der Waals surface area (Å²) in [6, 6.07) is 8.69. The Labute approximate surface area is 103 Å². The Morgan fingerprint density at radius 3 is 2.82 bits per heavy atom. The number of rotatable bonds is 0. The Morgan fingerprint density at radius 2 is 2.00 bits per heavy atom. The van der Waals surface area contributed by atoms with E-state index >= 15 is 0 Å². The molecule has 1 heterocycles. The van der Waals surface area contributed by atoms with Crippen molar-refractivity contribution >= 4 is 5.57 Å². The molecule has 1 aromatic rings. The van der Waals surface area contributed by atoms with Crippen molar-refractivity contribution in [1.29, 1.82) is 0 Å². The highest BCUT2D eigenvalue weighted by atomic mass is 16.5. The van der Waals surface area contributed by atoms with Crippen molar-refractivity contribution in [3.8, 4) is 0 Å². The van der Waals surface area contributed by atoms with Gasteiger partial charge in [-0.15, -0.1) is 0 Å². The lowest BCUT2D eigenvalue weighted by Gasteiger charge is -2.42. The molecule has 0 aromatic heterocycles. The Morgan fingerprint density at radius 1 is 1.24 bits per heavy atom. The van der Waals surface area contributed by atoms with E-state index in [-0.39, 0.29) is 5.41 Å². The summed E-state index contributed by atoms with van der Waals surface area (Å²) >= 11 is 0. The second-order valence-electron chi connectivity index (χ2n) is 5.91. The van der Waals surface area contributed by atoms with Crippen LogP contribution in [0.1, 0.15) is 44.7 Å². The van der Waals surface area contributed by atoms with E-state index in [0.29, 0.717) is 0 Å². The van der Waals surface area contributed by atoms with Gasteiger partial charge in [-0.3, -0.25) is 0 Å². The minimum absolute atomic E-state index is 0.226. The summed E-state index contributed by atoms with van der Waals surface area (Å²) in [6.07, 6.45) is 2.35. The fourth-order valence-corrected chi connectivity index (χ4v) is 3.14. The first-order valence-corrected chi connectivity index (χ1v) is 6.55. The third kappa shape index (κ3) is 1.52. The number of hydrogen-bond acceptors (Lipinski definition) is 1. The minimum atomic E-state index is 0.226. The summed E-state index contributed by atoms with van der Waals surface area (Å²) in [7, 11) is 0. The van der Waals surface area contributed by atoms with Crippen LogP contribution in [0.15, 0.2) is 30.0 Å². The van der Waals surface area contributed by atoms with E-state index in [1.54, 1.807) is 0 Å². The average Bonchev–Trinajstić information content (AvgIpc) is 2.33. The van der Waals surface area contributed by atoms with Crippen LogP contribution in [0.2, 0.25) is 0 Å². The van der Waals surface area contributed by atoms with Gasteiger partial charge in [0.05, 0.1) is 0 Å². The standard InChI is InChI=1S/C16H20O/c1-11-8-9-14-15(16(11,2)3)13-7-5-4-6-12(13)10-17-14/h4-7,11H,8-10H2,1-3H3. The molecule has 1 nitrogen and oxygen atoms in total. The van der Waals surface area contributed by atoms with Crippen molar-refractivity contribution in [1.82, 2.24) is 0 Å². The SMILES string of the molecule is CC1CCC2=C(c3ccccc3CO2)C1(C)C. The van der Waals surface area contributed by atoms with Crippen molar-refractivity contribution in [2.45, 2.75) is 40.2 Å². The summed E-state index contributed by atoms with van der Waals surface area (Å²) in [5.41, 5.74) is 4.45. The molecule has 0 N–H and O–H groups in total. The summed E-state index contributed by atoms with van der Waals surface area (Å²) < 4.78 is 5.97. The molecule has 3 rings (SSSR count). The molecule has 1 aromatic carbocycles. The second kappa shape index (κ2) is 3.63. The fraction of sp³-hybridized carbons (Fsp3) is 0.500. The van der Waals surface area contributed by atoms with Crippen LogP contribution in [0, 0.1) is 11.3 Å². The lowest BCUT2D eigenvalue weighted by atomic mass is 9.65. The van der Waals surface area contributed by atoms with E-state index in [2.05, 4.69) is 45.0 Å². The monoisotopic (exact) mass is 228 g/mol. The first-order valence-electron chi connectivity index (χ1n) is 6.55. The van der Waals surface area contributed by atoms with Crippen molar-refractivity contribution in [2.24, 2.45) is 11.3 Å². The van der Waals surface area contributed by atoms with E-state index in [1.807, 2.05) is 0 Å². The summed E-state index contributed by atoms with van der Waals surface area (Å²) in [5.74, 6) is 1.96. The maximum absolute atomic E-state index is 5.97. The van der Waals surface area contributed by atoms with Gasteiger partial charge in [0.1, 0.15) is 12.4 Å². The highest BCUT2D eigenvalue weighted by molar-refractivity contribution is 5.75. The van der Waals surface area contributed by atoms with E-state index in [0.717, 1.165) is 18.9 Å². The number of ether oxygens (including phenoxy) is 1. The highest BCUT2D eigenvalue weighted by Crippen LogP contribution is 2.51. The van der Waals surface area contributed by atoms with Crippen LogP contribution in [-0.4, -0.2) is 0 Å². The zero-order chi connectivity index (χ0) is 12.0. The quantitative estimate of drug-likeness (QED) is 0.640. The summed E-state index contributed by atoms with van der Waals surface area (Å²) in [4.78, 5) is 0. The number of allylic oxidation sites excluding steroid dienone is 2. The molecule has 0 bridgehead atoms. The molecule has 1 unspecified atom stereocenters. The van der Waals surface area contributed by atoms with Gasteiger partial charge in [-0.2, -0.15) is 0 Å². The van der Waals surface area contributed by atoms with Crippen molar-refractivity contribution in [3.63, 3.8) is 0 Å². The van der Waals surface area contributed by atoms with Gasteiger partial charge in [-0.05, 0) is 28.9 Å². The molecule has 0 spiro atoms. The lowest BCUT2D eigenvalue weighted by molar-refractivity contribution is 0.150. The number of fused-ring (bicyclic) bond motifs is 2. The Kier molecular flexibility index (Phi) is 2.32. The van der Waals surface area contributed by atoms with Gasteiger partial charge in [0.25, 0.3) is 0 Å². The maximum Gasteiger partial charge on any atom is 0.113 e. The maximum atomic E-state index is 5.97. The summed E-state index contributed by atoms with van der Waals surface area (Å²) in [6.45, 7) is 7.83. The Hall–Kier alpha value is -1.24. The van der Waals surface area contributed by atoms with Crippen LogP contribution < -0.4 is 0 Å². The van der Waals surface area contributed by atoms with Gasteiger partial charge in [0.2, 0.25) is 0 Å². The van der Waals surface area contributed by atoms with Crippen molar-refractivity contribution < 1.29 is 4.74 Å². The van der Waals surface area contributed by atoms with Gasteiger partial charge in [-0.25, -0.2) is 0 Å². The molecule has 1 atom stereocenters. The van der Waals surface area contributed by atoms with Crippen LogP contribution in [0.5, 0.6) is 0 Å². The Balaban J connectivity index is 2.20. The highest BCUT2D eigenvalue weighted by Gasteiger charge is 2.39. The van der Waals surface area contributed by atoms with Crippen molar-refractivity contribution in [2.75, 3.05) is 0 Å². The van der Waals surface area contributed by atoms with Crippen LogP contribution in [0.25, 0.3) is 5.57 Å². The molecule has 0 fully saturated rings. The van der Waals surface area contributed by atoms with Crippen molar-refractivity contribution in [3.05, 3.63) is 41.2 Å². The molecule has 1 aliphatic carbocycles. The average molecular weight is 228 g/mol. The molecule has 1 aliphatic heterocycles. The third-order valence-corrected chi connectivity index (χ3v) is 4.65. The van der Waals surface area contributed by atoms with Gasteiger partial charge in [-0.1, -0.05) is 45.0 Å². The van der Waals surface area contributed by atoms with Crippen LogP contribution >= 0.6 is 0 Å². The van der Waals surface area contributed by atoms with Gasteiger partial charge in [0.15, 0.2) is 0 Å². The first kappa shape index (κ1) is 10.9. The lowest BCUT2D eigenvalue weighted by Crippen LogP contribution is -2.31. The molecule has 1 heteroatoms.